The molecule has 0 spiro atoms. The summed E-state index contributed by atoms with van der Waals surface area (Å²) in [7, 11) is 0. The van der Waals surface area contributed by atoms with Crippen molar-refractivity contribution in [2.24, 2.45) is 0 Å². The van der Waals surface area contributed by atoms with Gasteiger partial charge in [-0.25, -0.2) is 5.01 Å². The molecule has 2 heterocycles. The molecule has 2 aromatic rings. The van der Waals surface area contributed by atoms with Crippen molar-refractivity contribution < 1.29 is 14.3 Å². The molecule has 0 radical (unpaired) electrons. The first-order chi connectivity index (χ1) is 13.1. The number of aromatic nitrogens is 3. The molecular weight excluding hydrogens is 346 g/mol. The Labute approximate surface area is 158 Å². The van der Waals surface area contributed by atoms with Gasteiger partial charge in [-0.15, -0.1) is 11.7 Å². The standard InChI is InChI=1S/C19H23N5O3/c1-3-13-27-14-10-17(25)22-11-7-12-23(22)19(26)18-15(2)20-24(21-18)16-8-5-4-6-9-16/h3-6,8-9H,1,7,10-14H2,2H3. The molecule has 1 saturated heterocycles. The van der Waals surface area contributed by atoms with Crippen LogP contribution in [0.25, 0.3) is 5.69 Å². The Morgan fingerprint density at radius 1 is 1.19 bits per heavy atom. The Hall–Kier alpha value is -3.00. The summed E-state index contributed by atoms with van der Waals surface area (Å²) in [5.41, 5.74) is 1.55. The highest BCUT2D eigenvalue weighted by Crippen LogP contribution is 2.17. The number of amides is 2. The highest BCUT2D eigenvalue weighted by molar-refractivity contribution is 5.94. The molecule has 0 N–H and O–H groups in total. The van der Waals surface area contributed by atoms with Crippen LogP contribution in [0.5, 0.6) is 0 Å². The fraction of sp³-hybridized carbons (Fsp3) is 0.368. The lowest BCUT2D eigenvalue weighted by molar-refractivity contribution is -0.141. The quantitative estimate of drug-likeness (QED) is 0.549. The minimum Gasteiger partial charge on any atom is -0.377 e. The van der Waals surface area contributed by atoms with E-state index in [0.717, 1.165) is 12.1 Å². The second-order valence-electron chi connectivity index (χ2n) is 6.17. The lowest BCUT2D eigenvalue weighted by atomic mass is 10.3. The lowest BCUT2D eigenvalue weighted by Crippen LogP contribution is -2.45. The molecule has 0 atom stereocenters. The number of rotatable bonds is 7. The third-order valence-electron chi connectivity index (χ3n) is 4.22. The Bertz CT molecular complexity index is 818. The number of hydrazine groups is 1. The van der Waals surface area contributed by atoms with E-state index in [1.165, 1.54) is 14.8 Å². The van der Waals surface area contributed by atoms with Crippen LogP contribution >= 0.6 is 0 Å². The zero-order chi connectivity index (χ0) is 19.2. The van der Waals surface area contributed by atoms with Gasteiger partial charge in [-0.1, -0.05) is 24.3 Å². The van der Waals surface area contributed by atoms with E-state index >= 15 is 0 Å². The number of para-hydroxylation sites is 1. The first-order valence-electron chi connectivity index (χ1n) is 8.92. The Balaban J connectivity index is 1.72. The van der Waals surface area contributed by atoms with Crippen molar-refractivity contribution in [3.05, 3.63) is 54.4 Å². The zero-order valence-electron chi connectivity index (χ0n) is 15.4. The summed E-state index contributed by atoms with van der Waals surface area (Å²) < 4.78 is 5.27. The predicted octanol–water partition coefficient (Wildman–Crippen LogP) is 1.76. The maximum atomic E-state index is 13.0. The molecule has 27 heavy (non-hydrogen) atoms. The van der Waals surface area contributed by atoms with Gasteiger partial charge in [0, 0.05) is 13.1 Å². The molecule has 1 aromatic heterocycles. The van der Waals surface area contributed by atoms with Gasteiger partial charge in [-0.2, -0.15) is 9.90 Å². The van der Waals surface area contributed by atoms with Gasteiger partial charge in [0.2, 0.25) is 5.91 Å². The van der Waals surface area contributed by atoms with Crippen LogP contribution in [0.15, 0.2) is 43.0 Å². The first-order valence-corrected chi connectivity index (χ1v) is 8.92. The predicted molar refractivity (Wildman–Crippen MR) is 99.1 cm³/mol. The molecule has 142 valence electrons. The summed E-state index contributed by atoms with van der Waals surface area (Å²) in [4.78, 5) is 26.9. The maximum absolute atomic E-state index is 13.0. The van der Waals surface area contributed by atoms with Gasteiger partial charge in [-0.05, 0) is 25.5 Å². The van der Waals surface area contributed by atoms with Crippen molar-refractivity contribution in [2.75, 3.05) is 26.3 Å². The van der Waals surface area contributed by atoms with Gasteiger partial charge >= 0.3 is 0 Å². The third kappa shape index (κ3) is 4.22. The second-order valence-corrected chi connectivity index (χ2v) is 6.17. The monoisotopic (exact) mass is 369 g/mol. The van der Waals surface area contributed by atoms with E-state index in [-0.39, 0.29) is 23.9 Å². The largest absolute Gasteiger partial charge is 0.377 e. The van der Waals surface area contributed by atoms with E-state index in [2.05, 4.69) is 16.8 Å². The smallest absolute Gasteiger partial charge is 0.294 e. The molecule has 2 amide bonds. The molecule has 1 aliphatic rings. The van der Waals surface area contributed by atoms with Gasteiger partial charge in [0.05, 0.1) is 31.0 Å². The highest BCUT2D eigenvalue weighted by atomic mass is 16.5. The van der Waals surface area contributed by atoms with Crippen LogP contribution in [0.4, 0.5) is 0 Å². The number of aryl methyl sites for hydroxylation is 1. The van der Waals surface area contributed by atoms with Crippen molar-refractivity contribution in [3.63, 3.8) is 0 Å². The van der Waals surface area contributed by atoms with Gasteiger partial charge in [0.1, 0.15) is 0 Å². The van der Waals surface area contributed by atoms with Crippen molar-refractivity contribution in [3.8, 4) is 5.69 Å². The van der Waals surface area contributed by atoms with Crippen LogP contribution in [0.1, 0.15) is 29.0 Å². The van der Waals surface area contributed by atoms with Crippen LogP contribution < -0.4 is 0 Å². The molecule has 0 saturated carbocycles. The van der Waals surface area contributed by atoms with Crippen LogP contribution in [0, 0.1) is 6.92 Å². The number of benzene rings is 1. The maximum Gasteiger partial charge on any atom is 0.294 e. The first kappa shape index (κ1) is 18.8. The third-order valence-corrected chi connectivity index (χ3v) is 4.22. The molecule has 1 aliphatic heterocycles. The molecule has 0 unspecified atom stereocenters. The number of nitrogens with zero attached hydrogens (tertiary/aromatic N) is 5. The van der Waals surface area contributed by atoms with Crippen LogP contribution in [0.3, 0.4) is 0 Å². The summed E-state index contributed by atoms with van der Waals surface area (Å²) in [5.74, 6) is -0.453. The zero-order valence-corrected chi connectivity index (χ0v) is 15.4. The lowest BCUT2D eigenvalue weighted by Gasteiger charge is -2.27. The van der Waals surface area contributed by atoms with Gasteiger partial charge in [0.25, 0.3) is 5.91 Å². The Morgan fingerprint density at radius 2 is 1.93 bits per heavy atom. The van der Waals surface area contributed by atoms with E-state index in [1.54, 1.807) is 13.0 Å². The molecule has 8 nitrogen and oxygen atoms in total. The van der Waals surface area contributed by atoms with E-state index in [9.17, 15) is 9.59 Å². The normalized spacial score (nSPS) is 13.8. The van der Waals surface area contributed by atoms with E-state index < -0.39 is 0 Å². The Morgan fingerprint density at radius 3 is 2.67 bits per heavy atom. The van der Waals surface area contributed by atoms with Gasteiger partial charge < -0.3 is 4.74 Å². The van der Waals surface area contributed by atoms with Gasteiger partial charge in [-0.3, -0.25) is 14.6 Å². The van der Waals surface area contributed by atoms with Gasteiger partial charge in [0.15, 0.2) is 5.69 Å². The topological polar surface area (TPSA) is 80.6 Å². The molecular formula is C19H23N5O3. The van der Waals surface area contributed by atoms with Crippen molar-refractivity contribution in [1.82, 2.24) is 25.0 Å². The molecule has 1 aromatic carbocycles. The van der Waals surface area contributed by atoms with E-state index in [1.807, 2.05) is 30.3 Å². The summed E-state index contributed by atoms with van der Waals surface area (Å²) in [6, 6.07) is 9.39. The average Bonchev–Trinajstić information content (AvgIpc) is 3.32. The number of hydrogen-bond acceptors (Lipinski definition) is 5. The number of hydrogen-bond donors (Lipinski definition) is 0. The molecule has 8 heteroatoms. The Kier molecular flexibility index (Phi) is 5.97. The van der Waals surface area contributed by atoms with Crippen molar-refractivity contribution >= 4 is 11.8 Å². The summed E-state index contributed by atoms with van der Waals surface area (Å²) in [5, 5.41) is 11.6. The fourth-order valence-electron chi connectivity index (χ4n) is 2.91. The number of carbonyl (C=O) groups is 2. The fourth-order valence-corrected chi connectivity index (χ4v) is 2.91. The van der Waals surface area contributed by atoms with Crippen molar-refractivity contribution in [1.29, 1.82) is 0 Å². The minimum absolute atomic E-state index is 0.141. The second kappa shape index (κ2) is 8.59. The molecule has 1 fully saturated rings. The number of carbonyl (C=O) groups excluding carboxylic acids is 2. The summed E-state index contributed by atoms with van der Waals surface area (Å²) in [6.45, 7) is 7.00. The SMILES string of the molecule is C=CCOCCC(=O)N1CCCN1C(=O)c1nn(-c2ccccc2)nc1C. The summed E-state index contributed by atoms with van der Waals surface area (Å²) in [6.07, 6.45) is 2.58. The molecule has 0 aliphatic carbocycles. The van der Waals surface area contributed by atoms with Crippen LogP contribution in [-0.2, 0) is 9.53 Å². The van der Waals surface area contributed by atoms with Crippen LogP contribution in [-0.4, -0.2) is 63.1 Å². The number of ether oxygens (including phenoxy) is 1. The minimum atomic E-state index is -0.312. The van der Waals surface area contributed by atoms with E-state index in [4.69, 9.17) is 4.74 Å². The average molecular weight is 369 g/mol. The van der Waals surface area contributed by atoms with E-state index in [0.29, 0.717) is 32.0 Å². The molecule has 3 rings (SSSR count). The highest BCUT2D eigenvalue weighted by Gasteiger charge is 2.33. The summed E-state index contributed by atoms with van der Waals surface area (Å²) >= 11 is 0. The molecule has 0 bridgehead atoms. The van der Waals surface area contributed by atoms with Crippen LogP contribution in [0.2, 0.25) is 0 Å². The van der Waals surface area contributed by atoms with Crippen molar-refractivity contribution in [2.45, 2.75) is 19.8 Å².